The second-order valence-electron chi connectivity index (χ2n) is 4.53. The Kier molecular flexibility index (Phi) is 4.71. The summed E-state index contributed by atoms with van der Waals surface area (Å²) in [6.45, 7) is -0.758. The second kappa shape index (κ2) is 6.25. The van der Waals surface area contributed by atoms with E-state index in [-0.39, 0.29) is 5.56 Å². The summed E-state index contributed by atoms with van der Waals surface area (Å²) < 4.78 is 91.1. The van der Waals surface area contributed by atoms with E-state index in [9.17, 15) is 30.4 Å². The van der Waals surface area contributed by atoms with E-state index in [2.05, 4.69) is 0 Å². The molecule has 0 fully saturated rings. The first-order valence-electron chi connectivity index (χ1n) is 6.21. The van der Waals surface area contributed by atoms with E-state index in [1.807, 2.05) is 0 Å². The lowest BCUT2D eigenvalue weighted by atomic mass is 10.1. The molecule has 0 heterocycles. The quantitative estimate of drug-likeness (QED) is 0.858. The Morgan fingerprint density at radius 3 is 2.04 bits per heavy atom. The molecule has 0 saturated heterocycles. The van der Waals surface area contributed by atoms with E-state index in [1.54, 1.807) is 4.72 Å². The van der Waals surface area contributed by atoms with E-state index < -0.39 is 44.8 Å². The van der Waals surface area contributed by atoms with Crippen molar-refractivity contribution in [3.63, 3.8) is 0 Å². The van der Waals surface area contributed by atoms with E-state index in [0.29, 0.717) is 0 Å². The molecule has 2 aromatic rings. The number of rotatable bonds is 4. The first kappa shape index (κ1) is 17.4. The summed E-state index contributed by atoms with van der Waals surface area (Å²) in [5.74, 6) is -2.66. The summed E-state index contributed by atoms with van der Waals surface area (Å²) in [6.07, 6.45) is -4.68. The van der Waals surface area contributed by atoms with Gasteiger partial charge < -0.3 is 0 Å². The Morgan fingerprint density at radius 1 is 0.913 bits per heavy atom. The predicted molar refractivity (Wildman–Crippen MR) is 71.8 cm³/mol. The van der Waals surface area contributed by atoms with Crippen molar-refractivity contribution in [3.8, 4) is 0 Å². The number of sulfonamides is 1. The molecule has 9 heteroatoms. The topological polar surface area (TPSA) is 46.2 Å². The zero-order chi connectivity index (χ0) is 17.3. The van der Waals surface area contributed by atoms with Crippen LogP contribution < -0.4 is 4.72 Å². The third-order valence-electron chi connectivity index (χ3n) is 2.96. The highest BCUT2D eigenvalue weighted by Crippen LogP contribution is 2.32. The summed E-state index contributed by atoms with van der Waals surface area (Å²) in [7, 11) is -4.65. The summed E-state index contributed by atoms with van der Waals surface area (Å²) in [5, 5.41) is 0. The van der Waals surface area contributed by atoms with Crippen LogP contribution in [0.15, 0.2) is 47.4 Å². The summed E-state index contributed by atoms with van der Waals surface area (Å²) in [5.41, 5.74) is -1.39. The van der Waals surface area contributed by atoms with Gasteiger partial charge in [-0.3, -0.25) is 0 Å². The van der Waals surface area contributed by atoms with Crippen molar-refractivity contribution in [1.82, 2.24) is 4.72 Å². The highest BCUT2D eigenvalue weighted by Gasteiger charge is 2.33. The molecule has 0 bridgehead atoms. The third kappa shape index (κ3) is 3.85. The normalized spacial score (nSPS) is 12.4. The Hall–Kier alpha value is -2.00. The summed E-state index contributed by atoms with van der Waals surface area (Å²) >= 11 is 0. The lowest BCUT2D eigenvalue weighted by Gasteiger charge is -2.14. The monoisotopic (exact) mass is 351 g/mol. The minimum Gasteiger partial charge on any atom is -0.207 e. The van der Waals surface area contributed by atoms with Gasteiger partial charge in [0, 0.05) is 6.54 Å². The molecule has 2 rings (SSSR count). The molecule has 0 unspecified atom stereocenters. The van der Waals surface area contributed by atoms with E-state index in [0.717, 1.165) is 36.4 Å². The van der Waals surface area contributed by atoms with Crippen LogP contribution in [0.4, 0.5) is 22.0 Å². The van der Waals surface area contributed by atoms with Crippen LogP contribution in [0.1, 0.15) is 11.1 Å². The number of benzene rings is 2. The van der Waals surface area contributed by atoms with Gasteiger partial charge >= 0.3 is 6.18 Å². The van der Waals surface area contributed by atoms with Gasteiger partial charge in [-0.1, -0.05) is 24.3 Å². The largest absolute Gasteiger partial charge is 0.416 e. The van der Waals surface area contributed by atoms with Crippen molar-refractivity contribution < 1.29 is 30.4 Å². The van der Waals surface area contributed by atoms with Crippen LogP contribution in [0.5, 0.6) is 0 Å². The number of halogens is 5. The van der Waals surface area contributed by atoms with Crippen molar-refractivity contribution in [1.29, 1.82) is 0 Å². The molecule has 0 spiro atoms. The van der Waals surface area contributed by atoms with Crippen LogP contribution in [0.3, 0.4) is 0 Å². The fourth-order valence-electron chi connectivity index (χ4n) is 1.94. The van der Waals surface area contributed by atoms with Gasteiger partial charge in [-0.15, -0.1) is 0 Å². The van der Waals surface area contributed by atoms with Crippen LogP contribution in [0, 0.1) is 11.6 Å². The number of hydrogen-bond donors (Lipinski definition) is 1. The summed E-state index contributed by atoms with van der Waals surface area (Å²) in [4.78, 5) is -1.23. The van der Waals surface area contributed by atoms with Gasteiger partial charge in [-0.25, -0.2) is 21.9 Å². The highest BCUT2D eigenvalue weighted by molar-refractivity contribution is 7.89. The Morgan fingerprint density at radius 2 is 1.48 bits per heavy atom. The molecular formula is C14H10F5NO2S. The van der Waals surface area contributed by atoms with Crippen molar-refractivity contribution in [2.24, 2.45) is 0 Å². The predicted octanol–water partition coefficient (Wildman–Crippen LogP) is 3.46. The number of hydrogen-bond acceptors (Lipinski definition) is 2. The minimum absolute atomic E-state index is 0.361. The van der Waals surface area contributed by atoms with Gasteiger partial charge in [0.1, 0.15) is 11.6 Å². The van der Waals surface area contributed by atoms with E-state index >= 15 is 0 Å². The molecule has 0 aliphatic carbocycles. The van der Waals surface area contributed by atoms with Crippen molar-refractivity contribution in [2.75, 3.05) is 0 Å². The van der Waals surface area contributed by atoms with E-state index in [4.69, 9.17) is 0 Å². The summed E-state index contributed by atoms with van der Waals surface area (Å²) in [6, 6.07) is 6.75. The molecule has 0 saturated carbocycles. The van der Waals surface area contributed by atoms with Gasteiger partial charge in [-0.05, 0) is 23.8 Å². The molecule has 0 amide bonds. The molecular weight excluding hydrogens is 341 g/mol. The van der Waals surface area contributed by atoms with Crippen molar-refractivity contribution >= 4 is 10.0 Å². The Labute approximate surface area is 128 Å². The molecule has 3 nitrogen and oxygen atoms in total. The second-order valence-corrected chi connectivity index (χ2v) is 6.23. The van der Waals surface area contributed by atoms with Gasteiger partial charge in [0.15, 0.2) is 4.90 Å². The molecule has 0 aliphatic heterocycles. The highest BCUT2D eigenvalue weighted by atomic mass is 32.2. The maximum Gasteiger partial charge on any atom is 0.416 e. The molecule has 1 N–H and O–H groups in total. The molecule has 124 valence electrons. The molecule has 0 aliphatic rings. The fraction of sp³-hybridized carbons (Fsp3) is 0.143. The zero-order valence-electron chi connectivity index (χ0n) is 11.4. The molecule has 0 radical (unpaired) electrons. The molecule has 23 heavy (non-hydrogen) atoms. The van der Waals surface area contributed by atoms with Gasteiger partial charge in [0.25, 0.3) is 0 Å². The Bertz CT molecular complexity index is 798. The Balaban J connectivity index is 2.31. The van der Waals surface area contributed by atoms with Crippen LogP contribution in [0.2, 0.25) is 0 Å². The van der Waals surface area contributed by atoms with Gasteiger partial charge in [0.2, 0.25) is 10.0 Å². The first-order valence-corrected chi connectivity index (χ1v) is 7.70. The van der Waals surface area contributed by atoms with Gasteiger partial charge in [-0.2, -0.15) is 13.2 Å². The van der Waals surface area contributed by atoms with Crippen LogP contribution in [0.25, 0.3) is 0 Å². The van der Waals surface area contributed by atoms with E-state index in [1.165, 1.54) is 6.07 Å². The average Bonchev–Trinajstić information content (AvgIpc) is 2.44. The maximum atomic E-state index is 13.5. The minimum atomic E-state index is -4.68. The third-order valence-corrected chi connectivity index (χ3v) is 4.41. The van der Waals surface area contributed by atoms with Crippen LogP contribution in [-0.2, 0) is 22.7 Å². The molecule has 0 atom stereocenters. The molecule has 0 aromatic heterocycles. The number of alkyl halides is 3. The van der Waals surface area contributed by atoms with Crippen LogP contribution >= 0.6 is 0 Å². The maximum absolute atomic E-state index is 13.5. The standard InChI is InChI=1S/C14H10F5NO2S/c15-11-6-3-7-12(16)13(11)23(21,22)20-8-9-4-1-2-5-10(9)14(17,18)19/h1-7,20H,8H2. The smallest absolute Gasteiger partial charge is 0.207 e. The lowest BCUT2D eigenvalue weighted by molar-refractivity contribution is -0.138. The first-order chi connectivity index (χ1) is 10.6. The SMILES string of the molecule is O=S(=O)(NCc1ccccc1C(F)(F)F)c1c(F)cccc1F. The van der Waals surface area contributed by atoms with Crippen LogP contribution in [-0.4, -0.2) is 8.42 Å². The van der Waals surface area contributed by atoms with Crippen molar-refractivity contribution in [2.45, 2.75) is 17.6 Å². The number of nitrogens with one attached hydrogen (secondary N) is 1. The zero-order valence-corrected chi connectivity index (χ0v) is 12.2. The lowest BCUT2D eigenvalue weighted by Crippen LogP contribution is -2.26. The fourth-order valence-corrected chi connectivity index (χ4v) is 3.07. The van der Waals surface area contributed by atoms with Crippen molar-refractivity contribution in [3.05, 3.63) is 65.2 Å². The molecule has 2 aromatic carbocycles. The van der Waals surface area contributed by atoms with Gasteiger partial charge in [0.05, 0.1) is 5.56 Å². The average molecular weight is 351 g/mol.